The van der Waals surface area contributed by atoms with Crippen LogP contribution in [0.4, 0.5) is 11.4 Å². The SMILES string of the molecule is CC(=O)Nc1ccc(NC(C)c2cncs2)cc1Cl. The smallest absolute Gasteiger partial charge is 0.221 e. The summed E-state index contributed by atoms with van der Waals surface area (Å²) in [6.45, 7) is 3.51. The first-order chi connectivity index (χ1) is 9.06. The van der Waals surface area contributed by atoms with Gasteiger partial charge in [0.15, 0.2) is 0 Å². The molecule has 0 radical (unpaired) electrons. The second kappa shape index (κ2) is 6.04. The topological polar surface area (TPSA) is 54.0 Å². The summed E-state index contributed by atoms with van der Waals surface area (Å²) in [5, 5.41) is 6.52. The Labute approximate surface area is 120 Å². The third-order valence-electron chi connectivity index (χ3n) is 2.54. The van der Waals surface area contributed by atoms with Crippen molar-refractivity contribution in [3.05, 3.63) is 39.8 Å². The van der Waals surface area contributed by atoms with Gasteiger partial charge in [-0.3, -0.25) is 9.78 Å². The second-order valence-corrected chi connectivity index (χ2v) is 5.47. The Hall–Kier alpha value is -1.59. The summed E-state index contributed by atoms with van der Waals surface area (Å²) in [5.74, 6) is -0.138. The molecule has 0 saturated carbocycles. The number of nitrogens with zero attached hydrogens (tertiary/aromatic N) is 1. The number of amides is 1. The van der Waals surface area contributed by atoms with E-state index in [0.717, 1.165) is 10.6 Å². The van der Waals surface area contributed by atoms with Gasteiger partial charge in [-0.1, -0.05) is 11.6 Å². The van der Waals surface area contributed by atoms with E-state index in [0.29, 0.717) is 10.7 Å². The third-order valence-corrected chi connectivity index (χ3v) is 3.81. The molecule has 2 aromatic rings. The standard InChI is InChI=1S/C13H14ClN3OS/c1-8(13-6-15-7-19-13)16-10-3-4-12(11(14)5-10)17-9(2)18/h3-8,16H,1-2H3,(H,17,18). The van der Waals surface area contributed by atoms with Crippen LogP contribution in [-0.4, -0.2) is 10.9 Å². The fourth-order valence-corrected chi connectivity index (χ4v) is 2.51. The van der Waals surface area contributed by atoms with E-state index < -0.39 is 0 Å². The zero-order valence-electron chi connectivity index (χ0n) is 10.6. The fourth-order valence-electron chi connectivity index (χ4n) is 1.66. The number of hydrogen-bond acceptors (Lipinski definition) is 4. The second-order valence-electron chi connectivity index (χ2n) is 4.15. The number of nitrogens with one attached hydrogen (secondary N) is 2. The van der Waals surface area contributed by atoms with Gasteiger partial charge in [-0.2, -0.15) is 0 Å². The van der Waals surface area contributed by atoms with Gasteiger partial charge in [-0.15, -0.1) is 11.3 Å². The van der Waals surface area contributed by atoms with Crippen molar-refractivity contribution in [2.45, 2.75) is 19.9 Å². The predicted molar refractivity (Wildman–Crippen MR) is 79.9 cm³/mol. The molecule has 2 N–H and O–H groups in total. The minimum absolute atomic E-state index is 0.138. The number of thiazole rings is 1. The maximum Gasteiger partial charge on any atom is 0.221 e. The zero-order chi connectivity index (χ0) is 13.8. The molecule has 0 bridgehead atoms. The molecular formula is C13H14ClN3OS. The third kappa shape index (κ3) is 3.68. The monoisotopic (exact) mass is 295 g/mol. The summed E-state index contributed by atoms with van der Waals surface area (Å²) < 4.78 is 0. The lowest BCUT2D eigenvalue weighted by molar-refractivity contribution is -0.114. The van der Waals surface area contributed by atoms with Crippen LogP contribution in [0.5, 0.6) is 0 Å². The summed E-state index contributed by atoms with van der Waals surface area (Å²) in [4.78, 5) is 16.2. The van der Waals surface area contributed by atoms with Gasteiger partial charge >= 0.3 is 0 Å². The average Bonchev–Trinajstić information content (AvgIpc) is 2.86. The van der Waals surface area contributed by atoms with E-state index in [1.165, 1.54) is 6.92 Å². The number of hydrogen-bond donors (Lipinski definition) is 2. The van der Waals surface area contributed by atoms with Crippen molar-refractivity contribution >= 4 is 40.2 Å². The van der Waals surface area contributed by atoms with Gasteiger partial charge in [-0.25, -0.2) is 0 Å². The molecule has 100 valence electrons. The van der Waals surface area contributed by atoms with Crippen molar-refractivity contribution in [3.8, 4) is 0 Å². The van der Waals surface area contributed by atoms with Crippen LogP contribution in [0.3, 0.4) is 0 Å². The fraction of sp³-hybridized carbons (Fsp3) is 0.231. The predicted octanol–water partition coefficient (Wildman–Crippen LogP) is 3.93. The number of carbonyl (C=O) groups is 1. The molecule has 1 aromatic carbocycles. The van der Waals surface area contributed by atoms with Crippen LogP contribution >= 0.6 is 22.9 Å². The molecule has 2 rings (SSSR count). The lowest BCUT2D eigenvalue weighted by atomic mass is 10.2. The number of anilines is 2. The largest absolute Gasteiger partial charge is 0.378 e. The molecule has 0 spiro atoms. The highest BCUT2D eigenvalue weighted by molar-refractivity contribution is 7.09. The summed E-state index contributed by atoms with van der Waals surface area (Å²) in [7, 11) is 0. The van der Waals surface area contributed by atoms with Crippen molar-refractivity contribution in [1.82, 2.24) is 4.98 Å². The molecular weight excluding hydrogens is 282 g/mol. The van der Waals surface area contributed by atoms with E-state index in [4.69, 9.17) is 11.6 Å². The number of carbonyl (C=O) groups excluding carboxylic acids is 1. The van der Waals surface area contributed by atoms with Crippen LogP contribution in [0.1, 0.15) is 24.8 Å². The molecule has 0 aliphatic heterocycles. The minimum Gasteiger partial charge on any atom is -0.378 e. The van der Waals surface area contributed by atoms with E-state index in [1.807, 2.05) is 12.3 Å². The highest BCUT2D eigenvalue weighted by Crippen LogP contribution is 2.28. The van der Waals surface area contributed by atoms with Gasteiger partial charge in [0.25, 0.3) is 0 Å². The average molecular weight is 296 g/mol. The van der Waals surface area contributed by atoms with Crippen molar-refractivity contribution in [2.75, 3.05) is 10.6 Å². The van der Waals surface area contributed by atoms with E-state index >= 15 is 0 Å². The van der Waals surface area contributed by atoms with Gasteiger partial charge in [0.2, 0.25) is 5.91 Å². The zero-order valence-corrected chi connectivity index (χ0v) is 12.2. The normalized spacial score (nSPS) is 11.9. The number of rotatable bonds is 4. The van der Waals surface area contributed by atoms with E-state index in [1.54, 1.807) is 29.0 Å². The molecule has 1 heterocycles. The maximum absolute atomic E-state index is 11.0. The van der Waals surface area contributed by atoms with Crippen LogP contribution in [-0.2, 0) is 4.79 Å². The van der Waals surface area contributed by atoms with Crippen molar-refractivity contribution in [2.24, 2.45) is 0 Å². The molecule has 19 heavy (non-hydrogen) atoms. The van der Waals surface area contributed by atoms with Gasteiger partial charge in [-0.05, 0) is 25.1 Å². The van der Waals surface area contributed by atoms with Gasteiger partial charge in [0, 0.05) is 23.7 Å². The van der Waals surface area contributed by atoms with Crippen LogP contribution in [0.2, 0.25) is 5.02 Å². The van der Waals surface area contributed by atoms with E-state index in [9.17, 15) is 4.79 Å². The Kier molecular flexibility index (Phi) is 4.39. The first kappa shape index (κ1) is 13.8. The Balaban J connectivity index is 2.10. The highest BCUT2D eigenvalue weighted by atomic mass is 35.5. The molecule has 1 atom stereocenters. The lowest BCUT2D eigenvalue weighted by Crippen LogP contribution is -2.07. The van der Waals surface area contributed by atoms with Crippen molar-refractivity contribution in [3.63, 3.8) is 0 Å². The first-order valence-electron chi connectivity index (χ1n) is 5.78. The van der Waals surface area contributed by atoms with Crippen molar-refractivity contribution in [1.29, 1.82) is 0 Å². The Morgan fingerprint density at radius 2 is 2.26 bits per heavy atom. The Morgan fingerprint density at radius 3 is 2.84 bits per heavy atom. The summed E-state index contributed by atoms with van der Waals surface area (Å²) in [6, 6.07) is 5.63. The molecule has 4 nitrogen and oxygen atoms in total. The number of halogens is 1. The Bertz CT molecular complexity index is 571. The van der Waals surface area contributed by atoms with Crippen LogP contribution in [0, 0.1) is 0 Å². The first-order valence-corrected chi connectivity index (χ1v) is 7.04. The van der Waals surface area contributed by atoms with Crippen molar-refractivity contribution < 1.29 is 4.79 Å². The van der Waals surface area contributed by atoms with Gasteiger partial charge in [0.05, 0.1) is 22.3 Å². The van der Waals surface area contributed by atoms with Gasteiger partial charge < -0.3 is 10.6 Å². The highest BCUT2D eigenvalue weighted by Gasteiger charge is 2.08. The molecule has 0 saturated heterocycles. The lowest BCUT2D eigenvalue weighted by Gasteiger charge is -2.14. The summed E-state index contributed by atoms with van der Waals surface area (Å²) in [6.07, 6.45) is 1.84. The maximum atomic E-state index is 11.0. The van der Waals surface area contributed by atoms with Crippen LogP contribution in [0.15, 0.2) is 29.9 Å². The van der Waals surface area contributed by atoms with E-state index in [-0.39, 0.29) is 11.9 Å². The van der Waals surface area contributed by atoms with E-state index in [2.05, 4.69) is 22.5 Å². The minimum atomic E-state index is -0.138. The quantitative estimate of drug-likeness (QED) is 0.898. The molecule has 1 amide bonds. The molecule has 0 aliphatic rings. The number of aromatic nitrogens is 1. The summed E-state index contributed by atoms with van der Waals surface area (Å²) >= 11 is 7.72. The molecule has 0 fully saturated rings. The number of benzene rings is 1. The molecule has 1 unspecified atom stereocenters. The van der Waals surface area contributed by atoms with Gasteiger partial charge in [0.1, 0.15) is 0 Å². The molecule has 0 aliphatic carbocycles. The van der Waals surface area contributed by atoms with Crippen LogP contribution < -0.4 is 10.6 Å². The Morgan fingerprint density at radius 1 is 1.47 bits per heavy atom. The molecule has 6 heteroatoms. The molecule has 1 aromatic heterocycles. The summed E-state index contributed by atoms with van der Waals surface area (Å²) in [5.41, 5.74) is 3.32. The van der Waals surface area contributed by atoms with Crippen LogP contribution in [0.25, 0.3) is 0 Å².